The molecule has 3 aromatic carbocycles. The van der Waals surface area contributed by atoms with Crippen LogP contribution in [-0.2, 0) is 6.42 Å². The number of nitrogens with zero attached hydrogens (tertiary/aromatic N) is 1. The molecule has 1 atom stereocenters. The van der Waals surface area contributed by atoms with E-state index in [4.69, 9.17) is 5.26 Å². The molecule has 1 fully saturated rings. The Balaban J connectivity index is 1.33. The van der Waals surface area contributed by atoms with E-state index >= 15 is 0 Å². The van der Waals surface area contributed by atoms with Gasteiger partial charge in [0, 0.05) is 0 Å². The Morgan fingerprint density at radius 1 is 0.759 bits per heavy atom. The summed E-state index contributed by atoms with van der Waals surface area (Å²) in [5.74, 6) is 1.88. The monoisotopic (exact) mass is 379 g/mol. The van der Waals surface area contributed by atoms with Crippen LogP contribution in [0, 0.1) is 11.3 Å². The van der Waals surface area contributed by atoms with Gasteiger partial charge >= 0.3 is 0 Å². The minimum Gasteiger partial charge on any atom is -0.192 e. The number of nitriles is 1. The van der Waals surface area contributed by atoms with Crippen molar-refractivity contribution in [1.29, 1.82) is 5.26 Å². The third-order valence-corrected chi connectivity index (χ3v) is 6.60. The van der Waals surface area contributed by atoms with Gasteiger partial charge in [-0.15, -0.1) is 0 Å². The summed E-state index contributed by atoms with van der Waals surface area (Å²) >= 11 is 0. The standard InChI is InChI=1S/C28H29N/c1-21(24-5-3-2-4-6-24)19-22-7-11-25(12-8-22)27-15-17-28(18-16-27)26-13-9-23(20-29)10-14-26/h2-14,21,27-28H,15-19H2,1H3. The van der Waals surface area contributed by atoms with Gasteiger partial charge in [0.05, 0.1) is 11.6 Å². The van der Waals surface area contributed by atoms with E-state index in [1.165, 1.54) is 47.9 Å². The summed E-state index contributed by atoms with van der Waals surface area (Å²) in [6.07, 6.45) is 6.08. The van der Waals surface area contributed by atoms with Gasteiger partial charge in [-0.1, -0.05) is 73.7 Å². The van der Waals surface area contributed by atoms with Crippen LogP contribution < -0.4 is 0 Å². The van der Waals surface area contributed by atoms with Crippen molar-refractivity contribution in [3.8, 4) is 6.07 Å². The summed E-state index contributed by atoms with van der Waals surface area (Å²) in [4.78, 5) is 0. The summed E-state index contributed by atoms with van der Waals surface area (Å²) in [5.41, 5.74) is 6.49. The summed E-state index contributed by atoms with van der Waals surface area (Å²) in [5, 5.41) is 8.98. The molecule has 1 aliphatic carbocycles. The Hall–Kier alpha value is -2.85. The second kappa shape index (κ2) is 9.10. The largest absolute Gasteiger partial charge is 0.192 e. The van der Waals surface area contributed by atoms with Crippen molar-refractivity contribution in [2.24, 2.45) is 0 Å². The molecule has 3 aromatic rings. The highest BCUT2D eigenvalue weighted by molar-refractivity contribution is 5.34. The maximum atomic E-state index is 8.98. The Labute approximate surface area is 175 Å². The first kappa shape index (κ1) is 19.5. The van der Waals surface area contributed by atoms with E-state index in [1.54, 1.807) is 0 Å². The summed E-state index contributed by atoms with van der Waals surface area (Å²) in [6, 6.07) is 30.6. The lowest BCUT2D eigenvalue weighted by Crippen LogP contribution is -2.12. The van der Waals surface area contributed by atoms with Crippen LogP contribution in [0.15, 0.2) is 78.9 Å². The second-order valence-electron chi connectivity index (χ2n) is 8.54. The van der Waals surface area contributed by atoms with Crippen molar-refractivity contribution >= 4 is 0 Å². The van der Waals surface area contributed by atoms with Crippen LogP contribution in [0.2, 0.25) is 0 Å². The van der Waals surface area contributed by atoms with Crippen molar-refractivity contribution in [2.75, 3.05) is 0 Å². The first-order valence-corrected chi connectivity index (χ1v) is 10.9. The predicted molar refractivity (Wildman–Crippen MR) is 120 cm³/mol. The van der Waals surface area contributed by atoms with Crippen LogP contribution >= 0.6 is 0 Å². The third-order valence-electron chi connectivity index (χ3n) is 6.60. The topological polar surface area (TPSA) is 23.8 Å². The molecule has 1 aliphatic rings. The van der Waals surface area contributed by atoms with Crippen LogP contribution in [-0.4, -0.2) is 0 Å². The van der Waals surface area contributed by atoms with Gasteiger partial charge < -0.3 is 0 Å². The first-order valence-electron chi connectivity index (χ1n) is 10.9. The molecule has 0 aliphatic heterocycles. The molecular formula is C28H29N. The molecule has 1 nitrogen and oxygen atoms in total. The van der Waals surface area contributed by atoms with Crippen molar-refractivity contribution in [3.05, 3.63) is 107 Å². The SMILES string of the molecule is CC(Cc1ccc(C2CCC(c3ccc(C#N)cc3)CC2)cc1)c1ccccc1. The molecule has 0 heterocycles. The maximum Gasteiger partial charge on any atom is 0.0991 e. The van der Waals surface area contributed by atoms with Crippen LogP contribution in [0.3, 0.4) is 0 Å². The zero-order valence-electron chi connectivity index (χ0n) is 17.2. The van der Waals surface area contributed by atoms with E-state index in [0.29, 0.717) is 17.8 Å². The Morgan fingerprint density at radius 3 is 1.79 bits per heavy atom. The first-order chi connectivity index (χ1) is 14.2. The quantitative estimate of drug-likeness (QED) is 0.455. The van der Waals surface area contributed by atoms with Gasteiger partial charge in [0.15, 0.2) is 0 Å². The van der Waals surface area contributed by atoms with E-state index < -0.39 is 0 Å². The molecule has 0 saturated heterocycles. The van der Waals surface area contributed by atoms with Gasteiger partial charge in [0.25, 0.3) is 0 Å². The summed E-state index contributed by atoms with van der Waals surface area (Å²) in [6.45, 7) is 2.31. The van der Waals surface area contributed by atoms with Crippen LogP contribution in [0.1, 0.15) is 78.2 Å². The lowest BCUT2D eigenvalue weighted by Gasteiger charge is -2.29. The Bertz CT molecular complexity index is 940. The van der Waals surface area contributed by atoms with Crippen molar-refractivity contribution < 1.29 is 0 Å². The molecule has 146 valence electrons. The highest BCUT2D eigenvalue weighted by atomic mass is 14.3. The van der Waals surface area contributed by atoms with Crippen LogP contribution in [0.5, 0.6) is 0 Å². The lowest BCUT2D eigenvalue weighted by molar-refractivity contribution is 0.396. The Morgan fingerprint density at radius 2 is 1.28 bits per heavy atom. The molecule has 0 aromatic heterocycles. The molecule has 29 heavy (non-hydrogen) atoms. The molecular weight excluding hydrogens is 350 g/mol. The van der Waals surface area contributed by atoms with Crippen molar-refractivity contribution in [1.82, 2.24) is 0 Å². The van der Waals surface area contributed by atoms with Gasteiger partial charge in [0.1, 0.15) is 0 Å². The average Bonchev–Trinajstić information content (AvgIpc) is 2.80. The van der Waals surface area contributed by atoms with E-state index in [2.05, 4.69) is 79.7 Å². The highest BCUT2D eigenvalue weighted by Crippen LogP contribution is 2.40. The number of rotatable bonds is 5. The normalized spacial score (nSPS) is 20.0. The predicted octanol–water partition coefficient (Wildman–Crippen LogP) is 7.35. The lowest BCUT2D eigenvalue weighted by atomic mass is 9.76. The minimum atomic E-state index is 0.546. The summed E-state index contributed by atoms with van der Waals surface area (Å²) in [7, 11) is 0. The maximum absolute atomic E-state index is 8.98. The molecule has 0 radical (unpaired) electrons. The zero-order chi connectivity index (χ0) is 20.1. The molecule has 1 unspecified atom stereocenters. The third kappa shape index (κ3) is 4.77. The van der Waals surface area contributed by atoms with E-state index in [9.17, 15) is 0 Å². The molecule has 4 rings (SSSR count). The molecule has 0 bridgehead atoms. The van der Waals surface area contributed by atoms with Crippen LogP contribution in [0.25, 0.3) is 0 Å². The second-order valence-corrected chi connectivity index (χ2v) is 8.54. The van der Waals surface area contributed by atoms with Crippen molar-refractivity contribution in [2.45, 2.75) is 56.8 Å². The van der Waals surface area contributed by atoms with Gasteiger partial charge in [-0.2, -0.15) is 5.26 Å². The van der Waals surface area contributed by atoms with Crippen molar-refractivity contribution in [3.63, 3.8) is 0 Å². The molecule has 1 saturated carbocycles. The highest BCUT2D eigenvalue weighted by Gasteiger charge is 2.23. The van der Waals surface area contributed by atoms with Gasteiger partial charge in [-0.05, 0) is 84.2 Å². The minimum absolute atomic E-state index is 0.546. The molecule has 0 amide bonds. The number of hydrogen-bond donors (Lipinski definition) is 0. The Kier molecular flexibility index (Phi) is 6.11. The fourth-order valence-electron chi connectivity index (χ4n) is 4.77. The molecule has 1 heteroatoms. The van der Waals surface area contributed by atoms with E-state index in [1.807, 2.05) is 12.1 Å². The average molecular weight is 380 g/mol. The molecule has 0 N–H and O–H groups in total. The van der Waals surface area contributed by atoms with Crippen LogP contribution in [0.4, 0.5) is 0 Å². The van der Waals surface area contributed by atoms with Gasteiger partial charge in [-0.25, -0.2) is 0 Å². The number of hydrogen-bond acceptors (Lipinski definition) is 1. The summed E-state index contributed by atoms with van der Waals surface area (Å²) < 4.78 is 0. The molecule has 0 spiro atoms. The van der Waals surface area contributed by atoms with E-state index in [-0.39, 0.29) is 0 Å². The number of benzene rings is 3. The van der Waals surface area contributed by atoms with E-state index in [0.717, 1.165) is 12.0 Å². The fraction of sp³-hybridized carbons (Fsp3) is 0.321. The van der Waals surface area contributed by atoms with Gasteiger partial charge in [0.2, 0.25) is 0 Å². The fourth-order valence-corrected chi connectivity index (χ4v) is 4.77. The smallest absolute Gasteiger partial charge is 0.0991 e. The van der Waals surface area contributed by atoms with Gasteiger partial charge in [-0.3, -0.25) is 0 Å². The zero-order valence-corrected chi connectivity index (χ0v) is 17.2.